The van der Waals surface area contributed by atoms with Gasteiger partial charge in [0.2, 0.25) is 0 Å². The summed E-state index contributed by atoms with van der Waals surface area (Å²) in [4.78, 5) is 26.2. The number of carboxylic acid groups (broad SMARTS) is 1. The first-order chi connectivity index (χ1) is 15.0. The van der Waals surface area contributed by atoms with Crippen LogP contribution in [0.2, 0.25) is 0 Å². The number of nitrogens with one attached hydrogen (secondary N) is 1. The molecule has 4 rings (SSSR count). The number of piperidine rings is 1. The minimum Gasteiger partial charge on any atom is -0.497 e. The lowest BCUT2D eigenvalue weighted by molar-refractivity contribution is 0.0505. The molecule has 1 saturated heterocycles. The fourth-order valence-electron chi connectivity index (χ4n) is 4.68. The van der Waals surface area contributed by atoms with Crippen molar-refractivity contribution in [1.82, 2.24) is 4.90 Å². The maximum absolute atomic E-state index is 12.9. The van der Waals surface area contributed by atoms with Gasteiger partial charge in [-0.2, -0.15) is 0 Å². The van der Waals surface area contributed by atoms with E-state index in [-0.39, 0.29) is 30.2 Å². The molecule has 2 aliphatic rings. The second-order valence-corrected chi connectivity index (χ2v) is 7.81. The van der Waals surface area contributed by atoms with E-state index in [2.05, 4.69) is 11.9 Å². The highest BCUT2D eigenvalue weighted by Gasteiger charge is 2.45. The Morgan fingerprint density at radius 3 is 2.71 bits per heavy atom. The monoisotopic (exact) mass is 422 g/mol. The van der Waals surface area contributed by atoms with Gasteiger partial charge in [-0.3, -0.25) is 0 Å². The van der Waals surface area contributed by atoms with E-state index in [1.165, 1.54) is 0 Å². The van der Waals surface area contributed by atoms with Gasteiger partial charge in [-0.05, 0) is 54.3 Å². The quantitative estimate of drug-likeness (QED) is 0.683. The molecule has 2 N–H and O–H groups in total. The zero-order chi connectivity index (χ0) is 22.0. The van der Waals surface area contributed by atoms with Crippen LogP contribution in [0, 0.1) is 5.92 Å². The molecule has 1 amide bonds. The van der Waals surface area contributed by atoms with Crippen molar-refractivity contribution in [3.63, 3.8) is 0 Å². The summed E-state index contributed by atoms with van der Waals surface area (Å²) >= 11 is 0. The van der Waals surface area contributed by atoms with E-state index in [0.29, 0.717) is 6.54 Å². The number of fused-ring (bicyclic) bond motifs is 3. The number of carbonyl (C=O) groups excluding carboxylic acids is 1. The maximum Gasteiger partial charge on any atom is 0.410 e. The minimum absolute atomic E-state index is 0.0333. The van der Waals surface area contributed by atoms with E-state index in [4.69, 9.17) is 9.47 Å². The Labute approximate surface area is 181 Å². The molecule has 0 saturated carbocycles. The van der Waals surface area contributed by atoms with Gasteiger partial charge in [0.25, 0.3) is 0 Å². The van der Waals surface area contributed by atoms with Crippen LogP contribution in [0.25, 0.3) is 0 Å². The molecule has 7 nitrogen and oxygen atoms in total. The third-order valence-corrected chi connectivity index (χ3v) is 6.07. The standard InChI is InChI=1S/C24H26N2O5/c1-3-13-31-24(29)26-12-4-5-18-21(15-6-9-17(30-2)10-7-15)25-20-11-8-16(23(27)28)14-19(20)22(18)26/h3,6-11,14,18,21-22,25H,1,4-5,12-13H2,2H3,(H,27,28)/t18-,21?,22-/m0/s1. The van der Waals surface area contributed by atoms with Gasteiger partial charge in [0.05, 0.1) is 24.8 Å². The Hall–Kier alpha value is -3.48. The van der Waals surface area contributed by atoms with Crippen molar-refractivity contribution in [2.75, 3.05) is 25.6 Å². The first kappa shape index (κ1) is 20.8. The normalized spacial score (nSPS) is 21.8. The van der Waals surface area contributed by atoms with E-state index >= 15 is 0 Å². The van der Waals surface area contributed by atoms with Crippen molar-refractivity contribution >= 4 is 17.7 Å². The molecule has 2 aromatic carbocycles. The summed E-state index contributed by atoms with van der Waals surface area (Å²) < 4.78 is 10.6. The Morgan fingerprint density at radius 2 is 2.03 bits per heavy atom. The van der Waals surface area contributed by atoms with Crippen molar-refractivity contribution < 1.29 is 24.2 Å². The lowest BCUT2D eigenvalue weighted by Gasteiger charge is -2.48. The Morgan fingerprint density at radius 1 is 1.26 bits per heavy atom. The van der Waals surface area contributed by atoms with Crippen LogP contribution in [-0.4, -0.2) is 42.3 Å². The SMILES string of the molecule is C=CCOC(=O)N1CCC[C@H]2C(c3ccc(OC)cc3)Nc3ccc(C(=O)O)cc3[C@H]21. The molecule has 162 valence electrons. The van der Waals surface area contributed by atoms with Crippen LogP contribution in [0.4, 0.5) is 10.5 Å². The van der Waals surface area contributed by atoms with Gasteiger partial charge in [0.1, 0.15) is 12.4 Å². The number of carbonyl (C=O) groups is 2. The minimum atomic E-state index is -0.992. The molecule has 0 bridgehead atoms. The largest absolute Gasteiger partial charge is 0.497 e. The number of likely N-dealkylation sites (tertiary alicyclic amines) is 1. The van der Waals surface area contributed by atoms with E-state index < -0.39 is 12.1 Å². The molecule has 1 fully saturated rings. The summed E-state index contributed by atoms with van der Waals surface area (Å²) in [5.74, 6) is -0.149. The molecule has 1 unspecified atom stereocenters. The van der Waals surface area contributed by atoms with Gasteiger partial charge in [-0.25, -0.2) is 9.59 Å². The second-order valence-electron chi connectivity index (χ2n) is 7.81. The Kier molecular flexibility index (Phi) is 5.84. The zero-order valence-electron chi connectivity index (χ0n) is 17.4. The number of amides is 1. The van der Waals surface area contributed by atoms with Crippen molar-refractivity contribution in [2.45, 2.75) is 24.9 Å². The molecule has 31 heavy (non-hydrogen) atoms. The summed E-state index contributed by atoms with van der Waals surface area (Å²) in [5.41, 5.74) is 2.93. The third kappa shape index (κ3) is 3.95. The molecular weight excluding hydrogens is 396 g/mol. The molecule has 0 spiro atoms. The van der Waals surface area contributed by atoms with Gasteiger partial charge in [-0.15, -0.1) is 0 Å². The van der Waals surface area contributed by atoms with Crippen LogP contribution in [0.1, 0.15) is 46.4 Å². The fourth-order valence-corrected chi connectivity index (χ4v) is 4.68. The van der Waals surface area contributed by atoms with E-state index in [0.717, 1.165) is 35.4 Å². The van der Waals surface area contributed by atoms with Crippen LogP contribution in [0.3, 0.4) is 0 Å². The number of hydrogen-bond acceptors (Lipinski definition) is 5. The average Bonchev–Trinajstić information content (AvgIpc) is 2.81. The molecule has 3 atom stereocenters. The smallest absolute Gasteiger partial charge is 0.410 e. The van der Waals surface area contributed by atoms with E-state index in [1.807, 2.05) is 24.3 Å². The number of rotatable bonds is 5. The van der Waals surface area contributed by atoms with Crippen LogP contribution in [-0.2, 0) is 4.74 Å². The summed E-state index contributed by atoms with van der Waals surface area (Å²) in [5, 5.41) is 13.1. The van der Waals surface area contributed by atoms with Crippen molar-refractivity contribution in [1.29, 1.82) is 0 Å². The summed E-state index contributed by atoms with van der Waals surface area (Å²) in [6.45, 7) is 4.30. The summed E-state index contributed by atoms with van der Waals surface area (Å²) in [6, 6.07) is 12.6. The van der Waals surface area contributed by atoms with Gasteiger partial charge >= 0.3 is 12.1 Å². The molecule has 7 heteroatoms. The van der Waals surface area contributed by atoms with Gasteiger partial charge in [-0.1, -0.05) is 24.8 Å². The highest BCUT2D eigenvalue weighted by molar-refractivity contribution is 5.89. The van der Waals surface area contributed by atoms with Gasteiger partial charge in [0.15, 0.2) is 0 Å². The van der Waals surface area contributed by atoms with E-state index in [1.54, 1.807) is 36.3 Å². The predicted molar refractivity (Wildman–Crippen MR) is 116 cm³/mol. The molecule has 2 heterocycles. The molecule has 2 aromatic rings. The molecule has 0 radical (unpaired) electrons. The zero-order valence-corrected chi connectivity index (χ0v) is 17.4. The van der Waals surface area contributed by atoms with Crippen LogP contribution in [0.5, 0.6) is 5.75 Å². The highest BCUT2D eigenvalue weighted by Crippen LogP contribution is 2.50. The van der Waals surface area contributed by atoms with Crippen LogP contribution >= 0.6 is 0 Å². The number of carboxylic acids is 1. The first-order valence-corrected chi connectivity index (χ1v) is 10.4. The van der Waals surface area contributed by atoms with Gasteiger partial charge in [0, 0.05) is 18.2 Å². The number of aromatic carboxylic acids is 1. The fraction of sp³-hybridized carbons (Fsp3) is 0.333. The number of nitrogens with zero attached hydrogens (tertiary/aromatic N) is 1. The second kappa shape index (κ2) is 8.71. The Bertz CT molecular complexity index is 988. The van der Waals surface area contributed by atoms with Gasteiger partial charge < -0.3 is 24.8 Å². The number of methoxy groups -OCH3 is 1. The lowest BCUT2D eigenvalue weighted by Crippen LogP contribution is -2.48. The summed E-state index contributed by atoms with van der Waals surface area (Å²) in [6.07, 6.45) is 2.87. The molecule has 0 aromatic heterocycles. The number of hydrogen-bond donors (Lipinski definition) is 2. The van der Waals surface area contributed by atoms with Crippen molar-refractivity contribution in [3.05, 3.63) is 71.8 Å². The number of ether oxygens (including phenoxy) is 2. The average molecular weight is 422 g/mol. The maximum atomic E-state index is 12.9. The molecule has 0 aliphatic carbocycles. The first-order valence-electron chi connectivity index (χ1n) is 10.4. The molecular formula is C24H26N2O5. The topological polar surface area (TPSA) is 88.1 Å². The van der Waals surface area contributed by atoms with E-state index in [9.17, 15) is 14.7 Å². The van der Waals surface area contributed by atoms with Crippen molar-refractivity contribution in [2.24, 2.45) is 5.92 Å². The third-order valence-electron chi connectivity index (χ3n) is 6.07. The number of benzene rings is 2. The summed E-state index contributed by atoms with van der Waals surface area (Å²) in [7, 11) is 1.63. The van der Waals surface area contributed by atoms with Crippen LogP contribution in [0.15, 0.2) is 55.1 Å². The predicted octanol–water partition coefficient (Wildman–Crippen LogP) is 4.64. The lowest BCUT2D eigenvalue weighted by atomic mass is 9.74. The molecule has 2 aliphatic heterocycles. The van der Waals surface area contributed by atoms with Crippen LogP contribution < -0.4 is 10.1 Å². The number of anilines is 1. The highest BCUT2D eigenvalue weighted by atomic mass is 16.6. The Balaban J connectivity index is 1.78. The van der Waals surface area contributed by atoms with Crippen molar-refractivity contribution in [3.8, 4) is 5.75 Å².